The van der Waals surface area contributed by atoms with Gasteiger partial charge in [-0.25, -0.2) is 4.98 Å². The first-order valence-corrected chi connectivity index (χ1v) is 6.77. The molecule has 88 valence electrons. The lowest BCUT2D eigenvalue weighted by molar-refractivity contribution is 0.949. The van der Waals surface area contributed by atoms with Crippen LogP contribution < -0.4 is 10.6 Å². The van der Waals surface area contributed by atoms with E-state index in [0.29, 0.717) is 0 Å². The summed E-state index contributed by atoms with van der Waals surface area (Å²) in [6.45, 7) is 2.30. The van der Waals surface area contributed by atoms with Crippen LogP contribution in [-0.2, 0) is 0 Å². The molecule has 0 saturated carbocycles. The number of nitrogen functional groups attached to an aromatic ring is 1. The minimum absolute atomic E-state index is 0.795. The van der Waals surface area contributed by atoms with Gasteiger partial charge in [0, 0.05) is 29.7 Å². The molecule has 0 bridgehead atoms. The average molecular weight is 245 g/mol. The summed E-state index contributed by atoms with van der Waals surface area (Å²) in [5.74, 6) is 0. The van der Waals surface area contributed by atoms with Gasteiger partial charge in [0.25, 0.3) is 0 Å². The Balaban J connectivity index is 1.86. The normalized spacial score (nSPS) is 15.4. The lowest BCUT2D eigenvalue weighted by Gasteiger charge is -2.12. The zero-order valence-electron chi connectivity index (χ0n) is 9.60. The van der Waals surface area contributed by atoms with E-state index in [1.165, 1.54) is 12.8 Å². The van der Waals surface area contributed by atoms with Gasteiger partial charge in [-0.2, -0.15) is 0 Å². The van der Waals surface area contributed by atoms with Gasteiger partial charge >= 0.3 is 0 Å². The molecule has 0 aliphatic carbocycles. The molecule has 4 heteroatoms. The van der Waals surface area contributed by atoms with Gasteiger partial charge in [-0.1, -0.05) is 12.1 Å². The zero-order valence-corrected chi connectivity index (χ0v) is 10.4. The number of hydrogen-bond acceptors (Lipinski definition) is 4. The predicted octanol–water partition coefficient (Wildman–Crippen LogP) is 2.99. The third kappa shape index (κ3) is 2.13. The third-order valence-electron chi connectivity index (χ3n) is 3.08. The Kier molecular flexibility index (Phi) is 2.73. The fourth-order valence-corrected chi connectivity index (χ4v) is 2.99. The first-order valence-electron chi connectivity index (χ1n) is 5.89. The highest BCUT2D eigenvalue weighted by molar-refractivity contribution is 7.14. The van der Waals surface area contributed by atoms with E-state index >= 15 is 0 Å². The minimum Gasteiger partial charge on any atom is -0.399 e. The van der Waals surface area contributed by atoms with Crippen LogP contribution in [0.2, 0.25) is 0 Å². The van der Waals surface area contributed by atoms with E-state index in [1.54, 1.807) is 11.3 Å². The van der Waals surface area contributed by atoms with Crippen LogP contribution >= 0.6 is 11.3 Å². The van der Waals surface area contributed by atoms with Gasteiger partial charge in [0.2, 0.25) is 0 Å². The second kappa shape index (κ2) is 4.37. The molecule has 1 aliphatic rings. The largest absolute Gasteiger partial charge is 0.399 e. The standard InChI is InChI=1S/C13H15N3S/c14-11-5-3-10(4-6-11)12-9-17-13(15-12)16-7-1-2-8-16/h3-6,9H,1-2,7-8,14H2. The molecular weight excluding hydrogens is 230 g/mol. The molecule has 0 spiro atoms. The smallest absolute Gasteiger partial charge is 0.185 e. The van der Waals surface area contributed by atoms with Crippen molar-refractivity contribution in [2.24, 2.45) is 0 Å². The highest BCUT2D eigenvalue weighted by Gasteiger charge is 2.15. The van der Waals surface area contributed by atoms with Gasteiger partial charge in [-0.05, 0) is 25.0 Å². The molecular formula is C13H15N3S. The van der Waals surface area contributed by atoms with Crippen molar-refractivity contribution in [2.45, 2.75) is 12.8 Å². The van der Waals surface area contributed by atoms with E-state index in [1.807, 2.05) is 24.3 Å². The molecule has 3 nitrogen and oxygen atoms in total. The number of aromatic nitrogens is 1. The predicted molar refractivity (Wildman–Crippen MR) is 73.4 cm³/mol. The summed E-state index contributed by atoms with van der Waals surface area (Å²) < 4.78 is 0. The highest BCUT2D eigenvalue weighted by Crippen LogP contribution is 2.29. The molecule has 0 atom stereocenters. The molecule has 1 fully saturated rings. The molecule has 0 amide bonds. The molecule has 1 saturated heterocycles. The number of nitrogens with two attached hydrogens (primary N) is 1. The monoisotopic (exact) mass is 245 g/mol. The Labute approximate surface area is 105 Å². The summed E-state index contributed by atoms with van der Waals surface area (Å²) in [5, 5.41) is 3.27. The Morgan fingerprint density at radius 1 is 1.12 bits per heavy atom. The summed E-state index contributed by atoms with van der Waals surface area (Å²) in [6, 6.07) is 7.89. The van der Waals surface area contributed by atoms with Crippen LogP contribution in [0.3, 0.4) is 0 Å². The topological polar surface area (TPSA) is 42.1 Å². The van der Waals surface area contributed by atoms with E-state index in [2.05, 4.69) is 10.3 Å². The van der Waals surface area contributed by atoms with Crippen molar-refractivity contribution in [3.8, 4) is 11.3 Å². The second-order valence-electron chi connectivity index (χ2n) is 4.33. The van der Waals surface area contributed by atoms with Gasteiger partial charge in [-0.15, -0.1) is 11.3 Å². The molecule has 2 aromatic rings. The fourth-order valence-electron chi connectivity index (χ4n) is 2.10. The van der Waals surface area contributed by atoms with Crippen molar-refractivity contribution < 1.29 is 0 Å². The Morgan fingerprint density at radius 3 is 2.53 bits per heavy atom. The van der Waals surface area contributed by atoms with Crippen LogP contribution in [0.4, 0.5) is 10.8 Å². The van der Waals surface area contributed by atoms with E-state index in [0.717, 1.165) is 35.2 Å². The van der Waals surface area contributed by atoms with Gasteiger partial charge in [0.15, 0.2) is 5.13 Å². The number of benzene rings is 1. The van der Waals surface area contributed by atoms with E-state index < -0.39 is 0 Å². The first-order chi connectivity index (χ1) is 8.33. The van der Waals surface area contributed by atoms with Gasteiger partial charge < -0.3 is 10.6 Å². The molecule has 0 radical (unpaired) electrons. The van der Waals surface area contributed by atoms with Crippen molar-refractivity contribution in [1.29, 1.82) is 0 Å². The fraction of sp³-hybridized carbons (Fsp3) is 0.308. The van der Waals surface area contributed by atoms with E-state index in [-0.39, 0.29) is 0 Å². The van der Waals surface area contributed by atoms with Gasteiger partial charge in [-0.3, -0.25) is 0 Å². The summed E-state index contributed by atoms with van der Waals surface area (Å²) >= 11 is 1.73. The van der Waals surface area contributed by atoms with Gasteiger partial charge in [0.05, 0.1) is 5.69 Å². The molecule has 3 rings (SSSR count). The van der Waals surface area contributed by atoms with E-state index in [4.69, 9.17) is 10.7 Å². The number of anilines is 2. The summed E-state index contributed by atoms with van der Waals surface area (Å²) in [7, 11) is 0. The Hall–Kier alpha value is -1.55. The van der Waals surface area contributed by atoms with Gasteiger partial charge in [0.1, 0.15) is 0 Å². The number of thiazole rings is 1. The maximum Gasteiger partial charge on any atom is 0.185 e. The van der Waals surface area contributed by atoms with Crippen molar-refractivity contribution in [2.75, 3.05) is 23.7 Å². The molecule has 1 aromatic carbocycles. The maximum absolute atomic E-state index is 5.68. The minimum atomic E-state index is 0.795. The van der Waals surface area contributed by atoms with Crippen LogP contribution in [-0.4, -0.2) is 18.1 Å². The molecule has 1 aliphatic heterocycles. The van der Waals surface area contributed by atoms with Crippen molar-refractivity contribution in [1.82, 2.24) is 4.98 Å². The second-order valence-corrected chi connectivity index (χ2v) is 5.17. The zero-order chi connectivity index (χ0) is 11.7. The van der Waals surface area contributed by atoms with Crippen LogP contribution in [0.15, 0.2) is 29.6 Å². The van der Waals surface area contributed by atoms with Crippen LogP contribution in [0.1, 0.15) is 12.8 Å². The van der Waals surface area contributed by atoms with Crippen molar-refractivity contribution >= 4 is 22.2 Å². The Morgan fingerprint density at radius 2 is 1.82 bits per heavy atom. The summed E-state index contributed by atoms with van der Waals surface area (Å²) in [4.78, 5) is 7.06. The van der Waals surface area contributed by atoms with Crippen molar-refractivity contribution in [3.05, 3.63) is 29.6 Å². The molecule has 17 heavy (non-hydrogen) atoms. The summed E-state index contributed by atoms with van der Waals surface area (Å²) in [6.07, 6.45) is 2.58. The number of rotatable bonds is 2. The quantitative estimate of drug-likeness (QED) is 0.827. The van der Waals surface area contributed by atoms with Crippen molar-refractivity contribution in [3.63, 3.8) is 0 Å². The molecule has 2 heterocycles. The Bertz CT molecular complexity index is 498. The molecule has 0 unspecified atom stereocenters. The van der Waals surface area contributed by atoms with Crippen LogP contribution in [0.25, 0.3) is 11.3 Å². The lowest BCUT2D eigenvalue weighted by atomic mass is 10.1. The number of nitrogens with zero attached hydrogens (tertiary/aromatic N) is 2. The average Bonchev–Trinajstić information content (AvgIpc) is 3.00. The van der Waals surface area contributed by atoms with Crippen LogP contribution in [0.5, 0.6) is 0 Å². The lowest BCUT2D eigenvalue weighted by Crippen LogP contribution is -2.17. The molecule has 1 aromatic heterocycles. The maximum atomic E-state index is 5.68. The molecule has 2 N–H and O–H groups in total. The highest BCUT2D eigenvalue weighted by atomic mass is 32.1. The van der Waals surface area contributed by atoms with Crippen LogP contribution in [0, 0.1) is 0 Å². The number of hydrogen-bond donors (Lipinski definition) is 1. The van der Waals surface area contributed by atoms with E-state index in [9.17, 15) is 0 Å². The SMILES string of the molecule is Nc1ccc(-c2csc(N3CCCC3)n2)cc1. The first kappa shape index (κ1) is 10.6. The third-order valence-corrected chi connectivity index (χ3v) is 3.98. The summed E-state index contributed by atoms with van der Waals surface area (Å²) in [5.41, 5.74) is 8.67.